The molecule has 1 fully saturated rings. The first-order chi connectivity index (χ1) is 7.17. The molecule has 2 N–H and O–H groups in total. The van der Waals surface area contributed by atoms with E-state index in [0.717, 1.165) is 11.2 Å². The van der Waals surface area contributed by atoms with Crippen molar-refractivity contribution in [3.63, 3.8) is 0 Å². The van der Waals surface area contributed by atoms with Gasteiger partial charge in [0.25, 0.3) is 0 Å². The third-order valence-corrected chi connectivity index (χ3v) is 4.92. The molecule has 2 unspecified atom stereocenters. The van der Waals surface area contributed by atoms with E-state index in [1.54, 1.807) is 6.92 Å². The lowest BCUT2D eigenvalue weighted by Gasteiger charge is -2.36. The second-order valence-corrected chi connectivity index (χ2v) is 6.71. The Bertz CT molecular complexity index is 375. The van der Waals surface area contributed by atoms with E-state index in [0.29, 0.717) is 12.8 Å². The minimum atomic E-state index is -3.86. The van der Waals surface area contributed by atoms with Gasteiger partial charge in [0.15, 0.2) is 5.25 Å². The molecular weight excluding hydrogens is 234 g/mol. The molecule has 1 aliphatic rings. The monoisotopic (exact) mass is 251 g/mol. The van der Waals surface area contributed by atoms with Crippen molar-refractivity contribution in [2.24, 2.45) is 0 Å². The van der Waals surface area contributed by atoms with E-state index in [-0.39, 0.29) is 13.1 Å². The normalized spacial score (nSPS) is 29.9. The van der Waals surface area contributed by atoms with Crippen LogP contribution in [0.1, 0.15) is 26.7 Å². The largest absolute Gasteiger partial charge is 0.480 e. The number of sulfonamides is 1. The van der Waals surface area contributed by atoms with Crippen molar-refractivity contribution in [3.05, 3.63) is 0 Å². The smallest absolute Gasteiger partial charge is 0.323 e. The molecule has 0 aromatic carbocycles. The zero-order valence-electron chi connectivity index (χ0n) is 9.38. The van der Waals surface area contributed by atoms with Crippen molar-refractivity contribution >= 4 is 16.0 Å². The molecule has 0 saturated carbocycles. The van der Waals surface area contributed by atoms with Gasteiger partial charge in [0, 0.05) is 13.1 Å². The number of rotatable bonds is 3. The molecule has 1 rings (SSSR count). The Balaban J connectivity index is 2.88. The number of piperidine rings is 1. The third kappa shape index (κ3) is 2.72. The van der Waals surface area contributed by atoms with Crippen LogP contribution in [0, 0.1) is 0 Å². The molecule has 1 heterocycles. The van der Waals surface area contributed by atoms with Crippen LogP contribution in [0.25, 0.3) is 0 Å². The highest BCUT2D eigenvalue weighted by molar-refractivity contribution is 7.90. The van der Waals surface area contributed by atoms with Crippen LogP contribution in [0.5, 0.6) is 0 Å². The summed E-state index contributed by atoms with van der Waals surface area (Å²) in [6.07, 6.45) is 1.07. The summed E-state index contributed by atoms with van der Waals surface area (Å²) < 4.78 is 24.8. The maximum atomic E-state index is 11.8. The number of carboxylic acid groups (broad SMARTS) is 1. The van der Waals surface area contributed by atoms with Crippen LogP contribution >= 0.6 is 0 Å². The molecule has 0 aliphatic carbocycles. The highest BCUT2D eigenvalue weighted by Gasteiger charge is 2.39. The number of carboxylic acids is 1. The second-order valence-electron chi connectivity index (χ2n) is 4.46. The van der Waals surface area contributed by atoms with Crippen LogP contribution in [0.2, 0.25) is 0 Å². The summed E-state index contributed by atoms with van der Waals surface area (Å²) in [4.78, 5) is 10.7. The molecule has 6 nitrogen and oxygen atoms in total. The molecule has 0 bridgehead atoms. The first-order valence-corrected chi connectivity index (χ1v) is 6.61. The summed E-state index contributed by atoms with van der Waals surface area (Å²) in [7, 11) is -3.86. The van der Waals surface area contributed by atoms with Crippen LogP contribution in [0.15, 0.2) is 0 Å². The summed E-state index contributed by atoms with van der Waals surface area (Å²) in [5.74, 6) is -1.37. The highest BCUT2D eigenvalue weighted by Crippen LogP contribution is 2.24. The Hall–Kier alpha value is -0.660. The Morgan fingerprint density at radius 2 is 2.06 bits per heavy atom. The molecular formula is C9H17NO5S. The molecule has 1 aliphatic heterocycles. The predicted molar refractivity (Wildman–Crippen MR) is 57.4 cm³/mol. The third-order valence-electron chi connectivity index (χ3n) is 2.79. The summed E-state index contributed by atoms with van der Waals surface area (Å²) in [6.45, 7) is 2.93. The summed E-state index contributed by atoms with van der Waals surface area (Å²) in [5.41, 5.74) is -1.07. The van der Waals surface area contributed by atoms with Gasteiger partial charge in [-0.25, -0.2) is 8.42 Å². The van der Waals surface area contributed by atoms with Gasteiger partial charge in [-0.15, -0.1) is 0 Å². The number of hydrogen-bond acceptors (Lipinski definition) is 4. The summed E-state index contributed by atoms with van der Waals surface area (Å²) >= 11 is 0. The second kappa shape index (κ2) is 4.31. The van der Waals surface area contributed by atoms with E-state index >= 15 is 0 Å². The molecule has 94 valence electrons. The fraction of sp³-hybridized carbons (Fsp3) is 0.889. The molecule has 7 heteroatoms. The fourth-order valence-electron chi connectivity index (χ4n) is 1.74. The molecule has 0 aromatic heterocycles. The van der Waals surface area contributed by atoms with Gasteiger partial charge in [0.05, 0.1) is 5.60 Å². The van der Waals surface area contributed by atoms with Crippen molar-refractivity contribution in [1.82, 2.24) is 4.31 Å². The summed E-state index contributed by atoms with van der Waals surface area (Å²) in [5, 5.41) is 17.0. The lowest BCUT2D eigenvalue weighted by molar-refractivity contribution is -0.136. The van der Waals surface area contributed by atoms with Crippen LogP contribution in [-0.2, 0) is 14.8 Å². The first-order valence-electron chi connectivity index (χ1n) is 5.11. The van der Waals surface area contributed by atoms with Gasteiger partial charge in [-0.05, 0) is 26.7 Å². The van der Waals surface area contributed by atoms with Gasteiger partial charge in [0.1, 0.15) is 0 Å². The van der Waals surface area contributed by atoms with Gasteiger partial charge in [-0.3, -0.25) is 4.79 Å². The number of nitrogens with zero attached hydrogens (tertiary/aromatic N) is 1. The Kier molecular flexibility index (Phi) is 3.61. The predicted octanol–water partition coefficient (Wildman–Crippen LogP) is -0.364. The maximum Gasteiger partial charge on any atom is 0.323 e. The van der Waals surface area contributed by atoms with Crippen LogP contribution in [0.3, 0.4) is 0 Å². The van der Waals surface area contributed by atoms with Crippen molar-refractivity contribution in [1.29, 1.82) is 0 Å². The Labute approximate surface area is 94.9 Å². The zero-order valence-corrected chi connectivity index (χ0v) is 10.2. The highest BCUT2D eigenvalue weighted by atomic mass is 32.2. The van der Waals surface area contributed by atoms with Gasteiger partial charge in [-0.2, -0.15) is 4.31 Å². The quantitative estimate of drug-likeness (QED) is 0.714. The summed E-state index contributed by atoms with van der Waals surface area (Å²) in [6, 6.07) is 0. The van der Waals surface area contributed by atoms with Crippen LogP contribution in [-0.4, -0.2) is 52.8 Å². The van der Waals surface area contributed by atoms with Gasteiger partial charge >= 0.3 is 5.97 Å². The SMILES string of the molecule is CC(C(=O)O)S(=O)(=O)N1CCCC(C)(O)C1. The molecule has 1 saturated heterocycles. The fourth-order valence-corrected chi connectivity index (χ4v) is 3.29. The number of β-amino-alcohol motifs (C(OH)–C–C–N with tert-alkyl or cyclic N) is 1. The minimum absolute atomic E-state index is 0.0348. The Morgan fingerprint density at radius 3 is 2.50 bits per heavy atom. The van der Waals surface area contributed by atoms with Gasteiger partial charge in [-0.1, -0.05) is 0 Å². The molecule has 16 heavy (non-hydrogen) atoms. The lowest BCUT2D eigenvalue weighted by Crippen LogP contribution is -2.51. The van der Waals surface area contributed by atoms with Crippen LogP contribution in [0.4, 0.5) is 0 Å². The molecule has 0 amide bonds. The Morgan fingerprint density at radius 1 is 1.50 bits per heavy atom. The maximum absolute atomic E-state index is 11.8. The first kappa shape index (κ1) is 13.4. The number of aliphatic carboxylic acids is 1. The average molecular weight is 251 g/mol. The van der Waals surface area contributed by atoms with E-state index in [9.17, 15) is 18.3 Å². The van der Waals surface area contributed by atoms with Gasteiger partial charge in [0.2, 0.25) is 10.0 Å². The van der Waals surface area contributed by atoms with E-state index in [1.807, 2.05) is 0 Å². The van der Waals surface area contributed by atoms with E-state index in [4.69, 9.17) is 5.11 Å². The van der Waals surface area contributed by atoms with Crippen molar-refractivity contribution in [3.8, 4) is 0 Å². The number of carbonyl (C=O) groups is 1. The topological polar surface area (TPSA) is 94.9 Å². The molecule has 0 radical (unpaired) electrons. The van der Waals surface area contributed by atoms with Gasteiger partial charge < -0.3 is 10.2 Å². The molecule has 0 spiro atoms. The standard InChI is InChI=1S/C9H17NO5S/c1-7(8(11)12)16(14,15)10-5-3-4-9(2,13)6-10/h7,13H,3-6H2,1-2H3,(H,11,12). The number of hydrogen-bond donors (Lipinski definition) is 2. The van der Waals surface area contributed by atoms with Crippen molar-refractivity contribution in [2.45, 2.75) is 37.5 Å². The molecule has 2 atom stereocenters. The van der Waals surface area contributed by atoms with Crippen molar-refractivity contribution < 1.29 is 23.4 Å². The van der Waals surface area contributed by atoms with E-state index < -0.39 is 26.8 Å². The minimum Gasteiger partial charge on any atom is -0.480 e. The zero-order chi connectivity index (χ0) is 12.6. The average Bonchev–Trinajstić information content (AvgIpc) is 2.14. The number of aliphatic hydroxyl groups is 1. The van der Waals surface area contributed by atoms with E-state index in [2.05, 4.69) is 0 Å². The lowest BCUT2D eigenvalue weighted by atomic mass is 9.97. The van der Waals surface area contributed by atoms with E-state index in [1.165, 1.54) is 0 Å². The van der Waals surface area contributed by atoms with Crippen LogP contribution < -0.4 is 0 Å². The van der Waals surface area contributed by atoms with Crippen molar-refractivity contribution in [2.75, 3.05) is 13.1 Å². The molecule has 0 aromatic rings.